The normalized spacial score (nSPS) is 12.5. The number of rotatable bonds is 4. The standard InChI is InChI=1S/C16H18N4/c1-3-20-11-14(10-18-20)12(2)19-15-8-4-6-13-7-5-9-17-16(13)15/h4-12,19H,3H2,1-2H3. The number of para-hydroxylation sites is 1. The van der Waals surface area contributed by atoms with E-state index in [9.17, 15) is 0 Å². The molecule has 4 heteroatoms. The van der Waals surface area contributed by atoms with E-state index in [4.69, 9.17) is 0 Å². The van der Waals surface area contributed by atoms with Crippen LogP contribution in [0.15, 0.2) is 48.9 Å². The van der Waals surface area contributed by atoms with Gasteiger partial charge in [0.1, 0.15) is 0 Å². The van der Waals surface area contributed by atoms with E-state index in [1.54, 1.807) is 0 Å². The second-order valence-electron chi connectivity index (χ2n) is 4.88. The summed E-state index contributed by atoms with van der Waals surface area (Å²) in [4.78, 5) is 4.47. The summed E-state index contributed by atoms with van der Waals surface area (Å²) in [6, 6.07) is 10.4. The van der Waals surface area contributed by atoms with E-state index in [1.807, 2.05) is 23.1 Å². The van der Waals surface area contributed by atoms with Gasteiger partial charge in [0.05, 0.1) is 23.4 Å². The van der Waals surface area contributed by atoms with Crippen molar-refractivity contribution in [1.82, 2.24) is 14.8 Å². The molecule has 102 valence electrons. The highest BCUT2D eigenvalue weighted by atomic mass is 15.3. The molecule has 0 saturated heterocycles. The summed E-state index contributed by atoms with van der Waals surface area (Å²) in [7, 11) is 0. The Kier molecular flexibility index (Phi) is 3.37. The fraction of sp³-hybridized carbons (Fsp3) is 0.250. The first-order valence-corrected chi connectivity index (χ1v) is 6.90. The number of aromatic nitrogens is 3. The second kappa shape index (κ2) is 5.33. The SMILES string of the molecule is CCn1cc(C(C)Nc2cccc3cccnc23)cn1. The quantitative estimate of drug-likeness (QED) is 0.784. The van der Waals surface area contributed by atoms with E-state index in [0.29, 0.717) is 0 Å². The van der Waals surface area contributed by atoms with E-state index in [0.717, 1.165) is 23.1 Å². The van der Waals surface area contributed by atoms with Crippen LogP contribution in [0.25, 0.3) is 10.9 Å². The minimum atomic E-state index is 0.197. The van der Waals surface area contributed by atoms with Crippen LogP contribution in [0.5, 0.6) is 0 Å². The second-order valence-corrected chi connectivity index (χ2v) is 4.88. The lowest BCUT2D eigenvalue weighted by Gasteiger charge is -2.15. The van der Waals surface area contributed by atoms with Gasteiger partial charge in [-0.05, 0) is 26.0 Å². The molecule has 0 aliphatic carbocycles. The zero-order valence-electron chi connectivity index (χ0n) is 11.7. The smallest absolute Gasteiger partial charge is 0.0933 e. The van der Waals surface area contributed by atoms with Gasteiger partial charge in [0.25, 0.3) is 0 Å². The first-order valence-electron chi connectivity index (χ1n) is 6.90. The summed E-state index contributed by atoms with van der Waals surface area (Å²) in [6.45, 7) is 5.12. The maximum Gasteiger partial charge on any atom is 0.0933 e. The maximum absolute atomic E-state index is 4.47. The molecule has 3 aromatic rings. The molecule has 0 aliphatic rings. The Balaban J connectivity index is 1.89. The highest BCUT2D eigenvalue weighted by Gasteiger charge is 2.09. The fourth-order valence-corrected chi connectivity index (χ4v) is 2.31. The minimum Gasteiger partial charge on any atom is -0.377 e. The highest BCUT2D eigenvalue weighted by Crippen LogP contribution is 2.25. The zero-order chi connectivity index (χ0) is 13.9. The lowest BCUT2D eigenvalue weighted by molar-refractivity contribution is 0.658. The van der Waals surface area contributed by atoms with Crippen LogP contribution in [-0.2, 0) is 6.54 Å². The molecule has 2 aromatic heterocycles. The van der Waals surface area contributed by atoms with Crippen molar-refractivity contribution < 1.29 is 0 Å². The molecule has 0 radical (unpaired) electrons. The number of nitrogens with zero attached hydrogens (tertiary/aromatic N) is 3. The summed E-state index contributed by atoms with van der Waals surface area (Å²) in [5.41, 5.74) is 3.24. The molecule has 1 unspecified atom stereocenters. The third kappa shape index (κ3) is 2.37. The van der Waals surface area contributed by atoms with Crippen LogP contribution >= 0.6 is 0 Å². The highest BCUT2D eigenvalue weighted by molar-refractivity contribution is 5.90. The summed E-state index contributed by atoms with van der Waals surface area (Å²) in [6.07, 6.45) is 5.82. The first kappa shape index (κ1) is 12.7. The third-order valence-electron chi connectivity index (χ3n) is 3.48. The minimum absolute atomic E-state index is 0.197. The van der Waals surface area contributed by atoms with Crippen LogP contribution in [0.2, 0.25) is 0 Å². The average Bonchev–Trinajstić information content (AvgIpc) is 2.97. The molecular formula is C16H18N4. The van der Waals surface area contributed by atoms with Gasteiger partial charge in [-0.15, -0.1) is 0 Å². The van der Waals surface area contributed by atoms with E-state index in [2.05, 4.69) is 59.7 Å². The fourth-order valence-electron chi connectivity index (χ4n) is 2.31. The topological polar surface area (TPSA) is 42.7 Å². The van der Waals surface area contributed by atoms with Gasteiger partial charge in [0, 0.05) is 29.9 Å². The van der Waals surface area contributed by atoms with Crippen molar-refractivity contribution in [3.05, 3.63) is 54.5 Å². The Labute approximate surface area is 118 Å². The molecule has 0 saturated carbocycles. The van der Waals surface area contributed by atoms with Gasteiger partial charge in [-0.3, -0.25) is 9.67 Å². The molecule has 1 N–H and O–H groups in total. The van der Waals surface area contributed by atoms with Crippen molar-refractivity contribution in [1.29, 1.82) is 0 Å². The van der Waals surface area contributed by atoms with Crippen LogP contribution < -0.4 is 5.32 Å². The lowest BCUT2D eigenvalue weighted by atomic mass is 10.1. The number of hydrogen-bond acceptors (Lipinski definition) is 3. The number of nitrogens with one attached hydrogen (secondary N) is 1. The van der Waals surface area contributed by atoms with Crippen molar-refractivity contribution in [2.24, 2.45) is 0 Å². The lowest BCUT2D eigenvalue weighted by Crippen LogP contribution is -2.06. The van der Waals surface area contributed by atoms with Gasteiger partial charge in [-0.2, -0.15) is 5.10 Å². The molecule has 0 aliphatic heterocycles. The Morgan fingerprint density at radius 1 is 1.25 bits per heavy atom. The number of anilines is 1. The third-order valence-corrected chi connectivity index (χ3v) is 3.48. The number of fused-ring (bicyclic) bond motifs is 1. The molecule has 4 nitrogen and oxygen atoms in total. The summed E-state index contributed by atoms with van der Waals surface area (Å²) >= 11 is 0. The Hall–Kier alpha value is -2.36. The number of aryl methyl sites for hydroxylation is 1. The molecule has 3 rings (SSSR count). The van der Waals surface area contributed by atoms with Crippen molar-refractivity contribution >= 4 is 16.6 Å². The maximum atomic E-state index is 4.47. The van der Waals surface area contributed by atoms with Crippen LogP contribution in [0.1, 0.15) is 25.5 Å². The summed E-state index contributed by atoms with van der Waals surface area (Å²) in [5, 5.41) is 8.99. The molecule has 0 amide bonds. The zero-order valence-corrected chi connectivity index (χ0v) is 11.7. The molecule has 1 atom stereocenters. The Bertz CT molecular complexity index is 712. The molecular weight excluding hydrogens is 248 g/mol. The van der Waals surface area contributed by atoms with Gasteiger partial charge in [0.2, 0.25) is 0 Å². The summed E-state index contributed by atoms with van der Waals surface area (Å²) in [5.74, 6) is 0. The molecule has 0 fully saturated rings. The van der Waals surface area contributed by atoms with Crippen molar-refractivity contribution in [2.45, 2.75) is 26.4 Å². The van der Waals surface area contributed by atoms with Crippen molar-refractivity contribution in [2.75, 3.05) is 5.32 Å². The van der Waals surface area contributed by atoms with Crippen molar-refractivity contribution in [3.63, 3.8) is 0 Å². The van der Waals surface area contributed by atoms with Crippen LogP contribution in [0, 0.1) is 0 Å². The first-order chi connectivity index (χ1) is 9.78. The van der Waals surface area contributed by atoms with Crippen LogP contribution in [-0.4, -0.2) is 14.8 Å². The molecule has 20 heavy (non-hydrogen) atoms. The van der Waals surface area contributed by atoms with Gasteiger partial charge < -0.3 is 5.32 Å². The van der Waals surface area contributed by atoms with Crippen molar-refractivity contribution in [3.8, 4) is 0 Å². The van der Waals surface area contributed by atoms with Crippen LogP contribution in [0.4, 0.5) is 5.69 Å². The van der Waals surface area contributed by atoms with E-state index in [-0.39, 0.29) is 6.04 Å². The molecule has 2 heterocycles. The average molecular weight is 266 g/mol. The van der Waals surface area contributed by atoms with Gasteiger partial charge in [-0.1, -0.05) is 18.2 Å². The number of benzene rings is 1. The summed E-state index contributed by atoms with van der Waals surface area (Å²) < 4.78 is 1.94. The Morgan fingerprint density at radius 3 is 2.90 bits per heavy atom. The predicted molar refractivity (Wildman–Crippen MR) is 81.7 cm³/mol. The van der Waals surface area contributed by atoms with E-state index in [1.165, 1.54) is 5.56 Å². The monoisotopic (exact) mass is 266 g/mol. The molecule has 0 bridgehead atoms. The largest absolute Gasteiger partial charge is 0.377 e. The number of pyridine rings is 1. The Morgan fingerprint density at radius 2 is 2.10 bits per heavy atom. The van der Waals surface area contributed by atoms with Gasteiger partial charge >= 0.3 is 0 Å². The molecule has 0 spiro atoms. The van der Waals surface area contributed by atoms with Crippen LogP contribution in [0.3, 0.4) is 0 Å². The number of hydrogen-bond donors (Lipinski definition) is 1. The van der Waals surface area contributed by atoms with Gasteiger partial charge in [-0.25, -0.2) is 0 Å². The van der Waals surface area contributed by atoms with E-state index >= 15 is 0 Å². The van der Waals surface area contributed by atoms with Gasteiger partial charge in [0.15, 0.2) is 0 Å². The predicted octanol–water partition coefficient (Wildman–Crippen LogP) is 3.62. The molecule has 1 aromatic carbocycles. The van der Waals surface area contributed by atoms with E-state index < -0.39 is 0 Å².